The van der Waals surface area contributed by atoms with E-state index in [1.807, 2.05) is 88.5 Å². The SMILES string of the molecule is Nc1cccc(Cl)c1C(F)(F)F.[C-]#[N+]c1ccc2c(c1)c(-c1cccc(N)c1C(F)(F)F)cn2-c1ccc(OC)cc1.[C-]#[N+]c1ccc2c(c1)c(B1OC(C)(C)C(C)(C)O1)cn2-c1ccc(OC)cc1. The normalized spacial score (nSPS) is 14.0. The lowest BCUT2D eigenvalue weighted by Gasteiger charge is -2.32. The number of nitrogen functional groups attached to an aromatic ring is 2. The maximum Gasteiger partial charge on any atom is 0.497 e. The van der Waals surface area contributed by atoms with Crippen molar-refractivity contribution in [3.63, 3.8) is 0 Å². The van der Waals surface area contributed by atoms with Crippen LogP contribution in [-0.4, -0.2) is 41.7 Å². The summed E-state index contributed by atoms with van der Waals surface area (Å²) in [5.74, 6) is 1.47. The van der Waals surface area contributed by atoms with E-state index in [0.717, 1.165) is 45.6 Å². The number of aromatic nitrogens is 2. The number of alkyl halides is 6. The molecule has 2 aromatic heterocycles. The highest BCUT2D eigenvalue weighted by molar-refractivity contribution is 6.65. The molecule has 8 aromatic rings. The Balaban J connectivity index is 0.000000168. The van der Waals surface area contributed by atoms with Gasteiger partial charge in [0, 0.05) is 51.7 Å². The van der Waals surface area contributed by atoms with Gasteiger partial charge in [0.2, 0.25) is 0 Å². The number of halogens is 7. The number of nitrogens with zero attached hydrogens (tertiary/aromatic N) is 4. The smallest absolute Gasteiger partial charge is 0.497 e. The molecule has 9 rings (SSSR count). The van der Waals surface area contributed by atoms with Crippen LogP contribution in [0.1, 0.15) is 38.8 Å². The molecule has 358 valence electrons. The van der Waals surface area contributed by atoms with Crippen molar-refractivity contribution in [1.29, 1.82) is 0 Å². The summed E-state index contributed by atoms with van der Waals surface area (Å²) in [7, 11) is 2.72. The Hall–Kier alpha value is -7.57. The third-order valence-corrected chi connectivity index (χ3v) is 12.4. The first-order valence-corrected chi connectivity index (χ1v) is 21.7. The van der Waals surface area contributed by atoms with Crippen LogP contribution in [0.3, 0.4) is 0 Å². The molecule has 1 fully saturated rings. The van der Waals surface area contributed by atoms with E-state index < -0.39 is 41.8 Å². The minimum absolute atomic E-state index is 0.0260. The van der Waals surface area contributed by atoms with Crippen LogP contribution in [0.4, 0.5) is 49.1 Å². The standard InChI is InChI=1S/C23H16F3N3O.C22H23BN2O3.C7H5ClF3N/c1-28-14-6-11-21-18(12-14)19(13-29(21)15-7-9-16(30-2)10-8-15)17-4-3-5-20(27)22(17)23(24,25)26;1-21(2)22(3,4)28-23(27-21)19-14-25(16-8-10-17(26-6)11-9-16)20-12-7-15(24-5)13-18(19)20;8-4-2-1-3-5(12)6(4)7(9,10)11/h3-13H,27H2,2H3;7-14H,1-4,6H3;1-3H,12H2. The van der Waals surface area contributed by atoms with Gasteiger partial charge in [0.15, 0.2) is 11.4 Å². The van der Waals surface area contributed by atoms with Crippen molar-refractivity contribution >= 4 is 68.7 Å². The van der Waals surface area contributed by atoms with Gasteiger partial charge in [-0.1, -0.05) is 41.9 Å². The Morgan fingerprint density at radius 3 is 1.47 bits per heavy atom. The summed E-state index contributed by atoms with van der Waals surface area (Å²) in [6.07, 6.45) is -5.42. The van der Waals surface area contributed by atoms with Crippen LogP contribution in [0.25, 0.3) is 54.0 Å². The van der Waals surface area contributed by atoms with Crippen LogP contribution in [0.5, 0.6) is 11.5 Å². The van der Waals surface area contributed by atoms with Crippen LogP contribution in [0.15, 0.2) is 134 Å². The Morgan fingerprint density at radius 1 is 0.586 bits per heavy atom. The first-order valence-electron chi connectivity index (χ1n) is 21.3. The first-order chi connectivity index (χ1) is 33.0. The Kier molecular flexibility index (Phi) is 14.0. The summed E-state index contributed by atoms with van der Waals surface area (Å²) in [4.78, 5) is 7.02. The van der Waals surface area contributed by atoms with Gasteiger partial charge in [0.25, 0.3) is 0 Å². The molecule has 0 spiro atoms. The highest BCUT2D eigenvalue weighted by atomic mass is 35.5. The molecule has 0 unspecified atom stereocenters. The molecule has 0 saturated carbocycles. The Morgan fingerprint density at radius 2 is 1.03 bits per heavy atom. The van der Waals surface area contributed by atoms with Gasteiger partial charge in [-0.15, -0.1) is 0 Å². The summed E-state index contributed by atoms with van der Waals surface area (Å²) in [5.41, 5.74) is 13.0. The average molecular weight is 977 g/mol. The van der Waals surface area contributed by atoms with Gasteiger partial charge in [-0.05, 0) is 135 Å². The fraction of sp³-hybridized carbons (Fsp3) is 0.192. The van der Waals surface area contributed by atoms with Crippen molar-refractivity contribution in [3.8, 4) is 34.0 Å². The monoisotopic (exact) mass is 976 g/mol. The summed E-state index contributed by atoms with van der Waals surface area (Å²) < 4.78 is 105. The first kappa shape index (κ1) is 50.3. The summed E-state index contributed by atoms with van der Waals surface area (Å²) >= 11 is 5.31. The number of hydrogen-bond acceptors (Lipinski definition) is 6. The van der Waals surface area contributed by atoms with Crippen molar-refractivity contribution in [2.75, 3.05) is 25.7 Å². The fourth-order valence-electron chi connectivity index (χ4n) is 7.84. The van der Waals surface area contributed by atoms with Gasteiger partial charge in [0.05, 0.1) is 60.2 Å². The van der Waals surface area contributed by atoms with E-state index in [-0.39, 0.29) is 22.0 Å². The third-order valence-electron chi connectivity index (χ3n) is 12.1. The van der Waals surface area contributed by atoms with Crippen LogP contribution >= 0.6 is 11.6 Å². The van der Waals surface area contributed by atoms with Crippen molar-refractivity contribution in [3.05, 3.63) is 173 Å². The molecule has 70 heavy (non-hydrogen) atoms. The van der Waals surface area contributed by atoms with Crippen LogP contribution in [-0.2, 0) is 21.7 Å². The second kappa shape index (κ2) is 19.4. The molecule has 0 atom stereocenters. The molecule has 10 nitrogen and oxygen atoms in total. The highest BCUT2D eigenvalue weighted by Crippen LogP contribution is 2.45. The number of nitrogens with two attached hydrogens (primary N) is 2. The molecule has 1 aliphatic heterocycles. The van der Waals surface area contributed by atoms with E-state index in [0.29, 0.717) is 33.6 Å². The topological polar surface area (TPSA) is 108 Å². The maximum atomic E-state index is 13.8. The van der Waals surface area contributed by atoms with Crippen molar-refractivity contribution in [2.45, 2.75) is 51.2 Å². The number of fused-ring (bicyclic) bond motifs is 2. The van der Waals surface area contributed by atoms with E-state index in [9.17, 15) is 26.3 Å². The molecule has 0 aliphatic carbocycles. The second-order valence-electron chi connectivity index (χ2n) is 16.9. The van der Waals surface area contributed by atoms with Crippen LogP contribution < -0.4 is 26.4 Å². The zero-order chi connectivity index (χ0) is 50.9. The Bertz CT molecular complexity index is 3260. The molecule has 0 amide bonds. The minimum atomic E-state index is -4.62. The summed E-state index contributed by atoms with van der Waals surface area (Å²) in [6.45, 7) is 22.8. The molecule has 4 N–H and O–H groups in total. The van der Waals surface area contributed by atoms with Crippen molar-refractivity contribution in [2.24, 2.45) is 0 Å². The molecule has 1 aliphatic rings. The molecular weight excluding hydrogens is 933 g/mol. The minimum Gasteiger partial charge on any atom is -0.497 e. The highest BCUT2D eigenvalue weighted by Gasteiger charge is 2.52. The molecule has 3 heterocycles. The van der Waals surface area contributed by atoms with Gasteiger partial charge < -0.3 is 39.4 Å². The fourth-order valence-corrected chi connectivity index (χ4v) is 8.13. The number of rotatable bonds is 6. The van der Waals surface area contributed by atoms with E-state index in [1.54, 1.807) is 55.3 Å². The molecule has 0 radical (unpaired) electrons. The van der Waals surface area contributed by atoms with Crippen molar-refractivity contribution in [1.82, 2.24) is 9.13 Å². The molecular formula is C52H44BClF6N6O4. The summed E-state index contributed by atoms with van der Waals surface area (Å²) in [6, 6.07) is 33.6. The quantitative estimate of drug-likeness (QED) is 0.0744. The number of hydrogen-bond donors (Lipinski definition) is 2. The predicted octanol–water partition coefficient (Wildman–Crippen LogP) is 13.9. The summed E-state index contributed by atoms with van der Waals surface area (Å²) in [5, 5.41) is 1.13. The van der Waals surface area contributed by atoms with E-state index >= 15 is 0 Å². The van der Waals surface area contributed by atoms with Gasteiger partial charge in [-0.3, -0.25) is 0 Å². The van der Waals surface area contributed by atoms with Crippen LogP contribution in [0.2, 0.25) is 5.02 Å². The lowest BCUT2D eigenvalue weighted by molar-refractivity contribution is -0.137. The zero-order valence-electron chi connectivity index (χ0n) is 38.5. The van der Waals surface area contributed by atoms with E-state index in [4.69, 9.17) is 55.0 Å². The lowest BCUT2D eigenvalue weighted by Crippen LogP contribution is -2.41. The van der Waals surface area contributed by atoms with Crippen molar-refractivity contribution < 1.29 is 45.1 Å². The van der Waals surface area contributed by atoms with Gasteiger partial charge >= 0.3 is 19.5 Å². The number of anilines is 2. The number of benzene rings is 6. The van der Waals surface area contributed by atoms with E-state index in [1.165, 1.54) is 24.3 Å². The largest absolute Gasteiger partial charge is 0.497 e. The predicted molar refractivity (Wildman–Crippen MR) is 264 cm³/mol. The maximum absolute atomic E-state index is 13.8. The zero-order valence-corrected chi connectivity index (χ0v) is 39.3. The van der Waals surface area contributed by atoms with Gasteiger partial charge in [0.1, 0.15) is 11.5 Å². The molecule has 18 heteroatoms. The van der Waals surface area contributed by atoms with Crippen LogP contribution in [0, 0.1) is 13.1 Å². The molecule has 0 bridgehead atoms. The molecule has 6 aromatic carbocycles. The Labute approximate surface area is 405 Å². The van der Waals surface area contributed by atoms with E-state index in [2.05, 4.69) is 14.3 Å². The van der Waals surface area contributed by atoms with Gasteiger partial charge in [-0.25, -0.2) is 9.69 Å². The average Bonchev–Trinajstić information content (AvgIpc) is 3.96. The second-order valence-corrected chi connectivity index (χ2v) is 17.4. The molecule has 1 saturated heterocycles. The number of methoxy groups -OCH3 is 2. The van der Waals surface area contributed by atoms with Gasteiger partial charge in [-0.2, -0.15) is 26.3 Å². The third kappa shape index (κ3) is 10.1. The number of ether oxygens (including phenoxy) is 2. The lowest BCUT2D eigenvalue weighted by atomic mass is 9.79.